The standard InChI is InChI=1S/C47H65N3O12/c1-3-25-59-47-41(50(46(55)57-4-2)21-27-56-28-24-53)31-39(49-62-42-18-10-13-26-58-42)37-29-34(16-8-11-22-51)36(17-9-12-23-52)43(44(37)47)38-30-35(19-20-40(38)61-47)60-45(54)48-32-33-14-6-5-7-15-33/h3,5-7,14-15,19-20,29-30,34,36,41-44,51-53H,1,4,8-13,16-18,21-28,31-32H2,2H3,(H,48,54). The Morgan fingerprint density at radius 2 is 1.82 bits per heavy atom. The van der Waals surface area contributed by atoms with Crippen LogP contribution in [-0.2, 0) is 30.3 Å². The summed E-state index contributed by atoms with van der Waals surface area (Å²) < 4.78 is 37.5. The summed E-state index contributed by atoms with van der Waals surface area (Å²) in [6.45, 7) is 7.00. The molecule has 15 heteroatoms. The lowest BCUT2D eigenvalue weighted by molar-refractivity contribution is -0.256. The first-order chi connectivity index (χ1) is 30.4. The van der Waals surface area contributed by atoms with Crippen LogP contribution < -0.4 is 14.8 Å². The summed E-state index contributed by atoms with van der Waals surface area (Å²) in [5.74, 6) is -1.67. The Morgan fingerprint density at radius 1 is 1.02 bits per heavy atom. The van der Waals surface area contributed by atoms with Gasteiger partial charge in [-0.25, -0.2) is 9.59 Å². The molecule has 15 nitrogen and oxygen atoms in total. The van der Waals surface area contributed by atoms with Gasteiger partial charge in [0.25, 0.3) is 0 Å². The maximum Gasteiger partial charge on any atom is 0.412 e. The van der Waals surface area contributed by atoms with Gasteiger partial charge in [0.15, 0.2) is 0 Å². The van der Waals surface area contributed by atoms with E-state index < -0.39 is 36.2 Å². The number of hydrogen-bond acceptors (Lipinski definition) is 13. The average molecular weight is 864 g/mol. The quantitative estimate of drug-likeness (QED) is 0.0534. The summed E-state index contributed by atoms with van der Waals surface area (Å²) in [7, 11) is 0. The highest BCUT2D eigenvalue weighted by Gasteiger charge is 2.65. The summed E-state index contributed by atoms with van der Waals surface area (Å²) >= 11 is 0. The van der Waals surface area contributed by atoms with Crippen molar-refractivity contribution in [3.05, 3.63) is 84.0 Å². The highest BCUT2D eigenvalue weighted by Crippen LogP contribution is 2.62. The van der Waals surface area contributed by atoms with Crippen LogP contribution in [0.1, 0.15) is 88.2 Å². The van der Waals surface area contributed by atoms with E-state index in [0.29, 0.717) is 43.1 Å². The zero-order valence-electron chi connectivity index (χ0n) is 36.0. The Morgan fingerprint density at radius 3 is 2.55 bits per heavy atom. The van der Waals surface area contributed by atoms with Gasteiger partial charge in [0, 0.05) is 50.6 Å². The summed E-state index contributed by atoms with van der Waals surface area (Å²) in [6.07, 6.45) is 9.16. The van der Waals surface area contributed by atoms with Gasteiger partial charge in [-0.1, -0.05) is 60.5 Å². The van der Waals surface area contributed by atoms with Crippen LogP contribution in [-0.4, -0.2) is 116 Å². The number of unbranched alkanes of at least 4 members (excludes halogenated alkanes) is 2. The van der Waals surface area contributed by atoms with Crippen molar-refractivity contribution in [3.8, 4) is 11.5 Å². The summed E-state index contributed by atoms with van der Waals surface area (Å²) in [6, 6.07) is 14.1. The summed E-state index contributed by atoms with van der Waals surface area (Å²) in [5, 5.41) is 37.1. The molecule has 1 saturated heterocycles. The number of hydrogen-bond donors (Lipinski definition) is 4. The highest BCUT2D eigenvalue weighted by atomic mass is 16.8. The molecule has 7 unspecified atom stereocenters. The Labute approximate surface area is 365 Å². The summed E-state index contributed by atoms with van der Waals surface area (Å²) in [5.41, 5.74) is 3.21. The van der Waals surface area contributed by atoms with Crippen molar-refractivity contribution < 1.29 is 58.2 Å². The monoisotopic (exact) mass is 863 g/mol. The zero-order valence-corrected chi connectivity index (χ0v) is 36.0. The van der Waals surface area contributed by atoms with Gasteiger partial charge in [-0.15, -0.1) is 6.58 Å². The second-order valence-electron chi connectivity index (χ2n) is 16.1. The van der Waals surface area contributed by atoms with Crippen molar-refractivity contribution in [2.45, 2.75) is 102 Å². The smallest absolute Gasteiger partial charge is 0.412 e. The third-order valence-electron chi connectivity index (χ3n) is 12.1. The number of carbonyl (C=O) groups is 2. The number of aliphatic hydroxyl groups excluding tert-OH is 3. The second-order valence-corrected chi connectivity index (χ2v) is 16.1. The molecule has 2 aromatic rings. The number of aliphatic hydroxyl groups is 3. The van der Waals surface area contributed by atoms with Crippen LogP contribution in [0.2, 0.25) is 0 Å². The number of nitrogens with zero attached hydrogens (tertiary/aromatic N) is 2. The van der Waals surface area contributed by atoms with Crippen LogP contribution >= 0.6 is 0 Å². The molecule has 2 aromatic carbocycles. The van der Waals surface area contributed by atoms with Crippen molar-refractivity contribution in [3.63, 3.8) is 0 Å². The molecule has 0 radical (unpaired) electrons. The van der Waals surface area contributed by atoms with Gasteiger partial charge < -0.3 is 53.9 Å². The third kappa shape index (κ3) is 11.5. The van der Waals surface area contributed by atoms with Gasteiger partial charge in [0.1, 0.15) is 17.5 Å². The molecule has 2 fully saturated rings. The Hall–Kier alpha value is -4.51. The zero-order chi connectivity index (χ0) is 43.7. The molecule has 0 aromatic heterocycles. The van der Waals surface area contributed by atoms with Gasteiger partial charge in [-0.2, -0.15) is 0 Å². The molecule has 62 heavy (non-hydrogen) atoms. The fourth-order valence-electron chi connectivity index (χ4n) is 9.45. The van der Waals surface area contributed by atoms with E-state index in [1.807, 2.05) is 36.4 Å². The SMILES string of the molecule is C=CCOC12Oc3ccc(OC(=O)NCc4ccccc4)cc3C3C(CCCCO)C(CCCCO)C=C(C(=NOC4CCCCO4)CC1N(CCOCCO)C(=O)OCC)C32. The predicted molar refractivity (Wildman–Crippen MR) is 231 cm³/mol. The van der Waals surface area contributed by atoms with E-state index >= 15 is 0 Å². The van der Waals surface area contributed by atoms with Gasteiger partial charge in [-0.05, 0) is 86.6 Å². The topological polar surface area (TPSA) is 187 Å². The minimum atomic E-state index is -1.53. The van der Waals surface area contributed by atoms with Crippen LogP contribution in [0.5, 0.6) is 11.5 Å². The van der Waals surface area contributed by atoms with E-state index in [-0.39, 0.29) is 83.5 Å². The number of nitrogens with one attached hydrogen (secondary N) is 1. The Kier molecular flexibility index (Phi) is 18.0. The highest BCUT2D eigenvalue weighted by molar-refractivity contribution is 6.03. The molecule has 2 amide bonds. The number of rotatable bonds is 23. The molecule has 2 aliphatic heterocycles. The number of ether oxygens (including phenoxy) is 6. The Bertz CT molecular complexity index is 1800. The number of allylic oxidation sites excluding steroid dienone is 1. The van der Waals surface area contributed by atoms with Crippen LogP contribution in [0.4, 0.5) is 9.59 Å². The van der Waals surface area contributed by atoms with Crippen molar-refractivity contribution >= 4 is 17.9 Å². The lowest BCUT2D eigenvalue weighted by Gasteiger charge is -2.59. The molecule has 0 spiro atoms. The van der Waals surface area contributed by atoms with Crippen LogP contribution in [0.25, 0.3) is 0 Å². The van der Waals surface area contributed by atoms with Gasteiger partial charge in [0.2, 0.25) is 12.1 Å². The van der Waals surface area contributed by atoms with Crippen LogP contribution in [0.3, 0.4) is 0 Å². The average Bonchev–Trinajstić information content (AvgIpc) is 3.29. The molecule has 2 aliphatic carbocycles. The molecule has 0 bridgehead atoms. The number of carbonyl (C=O) groups excluding carboxylic acids is 2. The normalized spacial score (nSPS) is 25.7. The first kappa shape index (κ1) is 47.0. The molecule has 340 valence electrons. The van der Waals surface area contributed by atoms with E-state index in [0.717, 1.165) is 55.2 Å². The maximum absolute atomic E-state index is 14.2. The first-order valence-electron chi connectivity index (χ1n) is 22.3. The van der Waals surface area contributed by atoms with Crippen molar-refractivity contribution in [1.29, 1.82) is 0 Å². The lowest BCUT2D eigenvalue weighted by Crippen LogP contribution is -2.70. The molecule has 4 aliphatic rings. The largest absolute Gasteiger partial charge is 0.459 e. The van der Waals surface area contributed by atoms with Crippen molar-refractivity contribution in [1.82, 2.24) is 10.2 Å². The number of fused-ring (bicyclic) bond motifs is 2. The molecule has 1 saturated carbocycles. The Balaban J connectivity index is 1.52. The van der Waals surface area contributed by atoms with E-state index in [1.165, 1.54) is 0 Å². The van der Waals surface area contributed by atoms with Gasteiger partial charge >= 0.3 is 12.2 Å². The van der Waals surface area contributed by atoms with Gasteiger partial charge in [0.05, 0.1) is 51.3 Å². The molecular weight excluding hydrogens is 799 g/mol. The number of amides is 2. The minimum absolute atomic E-state index is 0.000912. The summed E-state index contributed by atoms with van der Waals surface area (Å²) in [4.78, 5) is 35.2. The minimum Gasteiger partial charge on any atom is -0.459 e. The van der Waals surface area contributed by atoms with Gasteiger partial charge in [-0.3, -0.25) is 4.90 Å². The molecule has 7 atom stereocenters. The lowest BCUT2D eigenvalue weighted by atomic mass is 9.55. The number of benzene rings is 2. The number of oxime groups is 1. The maximum atomic E-state index is 14.2. The molecule has 6 rings (SSSR count). The predicted octanol–water partition coefficient (Wildman–Crippen LogP) is 6.60. The second kappa shape index (κ2) is 23.8. The third-order valence-corrected chi connectivity index (χ3v) is 12.1. The fraction of sp³-hybridized carbons (Fsp3) is 0.596. The van der Waals surface area contributed by atoms with E-state index in [2.05, 4.69) is 18.0 Å². The van der Waals surface area contributed by atoms with Crippen LogP contribution in [0, 0.1) is 17.8 Å². The van der Waals surface area contributed by atoms with Crippen molar-refractivity contribution in [2.24, 2.45) is 22.9 Å². The molecule has 2 heterocycles. The fourth-order valence-corrected chi connectivity index (χ4v) is 9.45. The molecular formula is C47H65N3O12. The van der Waals surface area contributed by atoms with E-state index in [9.17, 15) is 24.9 Å². The van der Waals surface area contributed by atoms with E-state index in [1.54, 1.807) is 30.0 Å². The first-order valence-corrected chi connectivity index (χ1v) is 22.3. The van der Waals surface area contributed by atoms with Crippen LogP contribution in [0.15, 0.2) is 78.0 Å². The molecule has 4 N–H and O–H groups in total. The van der Waals surface area contributed by atoms with Crippen molar-refractivity contribution in [2.75, 3.05) is 59.4 Å². The van der Waals surface area contributed by atoms with E-state index in [4.69, 9.17) is 38.4 Å².